The molecule has 0 atom stereocenters. The summed E-state index contributed by atoms with van der Waals surface area (Å²) < 4.78 is 0. The first-order chi connectivity index (χ1) is 10.7. The molecule has 5 heteroatoms. The molecule has 0 saturated carbocycles. The van der Waals surface area contributed by atoms with Gasteiger partial charge in [0.05, 0.1) is 11.4 Å². The monoisotopic (exact) mass is 313 g/mol. The Morgan fingerprint density at radius 3 is 2.55 bits per heavy atom. The number of anilines is 2. The fourth-order valence-electron chi connectivity index (χ4n) is 3.68. The van der Waals surface area contributed by atoms with Gasteiger partial charge in [-0.3, -0.25) is 0 Å². The van der Waals surface area contributed by atoms with Crippen molar-refractivity contribution in [2.75, 3.05) is 11.1 Å². The number of hydrogen-bond donors (Lipinski definition) is 2. The van der Waals surface area contributed by atoms with Gasteiger partial charge in [-0.2, -0.15) is 0 Å². The third-order valence-electron chi connectivity index (χ3n) is 4.79. The Labute approximate surface area is 133 Å². The Hall–Kier alpha value is -2.01. The van der Waals surface area contributed by atoms with Gasteiger partial charge in [-0.05, 0) is 54.8 Å². The SMILES string of the molecule is Nc1ccc(-c2cccs2)cc1NC(=O)N1C2CCC1CC2. The average molecular weight is 313 g/mol. The summed E-state index contributed by atoms with van der Waals surface area (Å²) in [5.74, 6) is 0. The summed E-state index contributed by atoms with van der Waals surface area (Å²) in [5, 5.41) is 5.07. The summed E-state index contributed by atoms with van der Waals surface area (Å²) in [5.41, 5.74) is 8.45. The van der Waals surface area contributed by atoms with Gasteiger partial charge in [-0.25, -0.2) is 4.79 Å². The van der Waals surface area contributed by atoms with Gasteiger partial charge in [0.25, 0.3) is 0 Å². The minimum absolute atomic E-state index is 0.0000274. The van der Waals surface area contributed by atoms with Crippen LogP contribution in [0.5, 0.6) is 0 Å². The smallest absolute Gasteiger partial charge is 0.322 e. The Morgan fingerprint density at radius 2 is 1.91 bits per heavy atom. The highest BCUT2D eigenvalue weighted by molar-refractivity contribution is 7.13. The Bertz CT molecular complexity index is 678. The number of thiophene rings is 1. The lowest BCUT2D eigenvalue weighted by molar-refractivity contribution is 0.206. The van der Waals surface area contributed by atoms with Crippen molar-refractivity contribution in [3.8, 4) is 10.4 Å². The van der Waals surface area contributed by atoms with Crippen molar-refractivity contribution in [1.82, 2.24) is 4.90 Å². The van der Waals surface area contributed by atoms with E-state index in [1.54, 1.807) is 11.3 Å². The van der Waals surface area contributed by atoms with E-state index < -0.39 is 0 Å². The zero-order valence-corrected chi connectivity index (χ0v) is 13.1. The van der Waals surface area contributed by atoms with E-state index in [0.717, 1.165) is 31.2 Å². The molecule has 2 amide bonds. The second-order valence-electron chi connectivity index (χ2n) is 6.08. The number of nitrogen functional groups attached to an aromatic ring is 1. The van der Waals surface area contributed by atoms with Crippen LogP contribution in [0.2, 0.25) is 0 Å². The van der Waals surface area contributed by atoms with Crippen molar-refractivity contribution >= 4 is 28.7 Å². The molecule has 2 aliphatic rings. The Morgan fingerprint density at radius 1 is 1.18 bits per heavy atom. The van der Waals surface area contributed by atoms with E-state index in [2.05, 4.69) is 11.4 Å². The lowest BCUT2D eigenvalue weighted by Crippen LogP contribution is -2.38. The van der Waals surface area contributed by atoms with Crippen LogP contribution < -0.4 is 11.1 Å². The molecule has 3 heterocycles. The molecular formula is C17H19N3OS. The second-order valence-corrected chi connectivity index (χ2v) is 7.03. The van der Waals surface area contributed by atoms with E-state index in [4.69, 9.17) is 5.73 Å². The molecule has 2 aromatic rings. The Kier molecular flexibility index (Phi) is 3.30. The van der Waals surface area contributed by atoms with Crippen LogP contribution in [0, 0.1) is 0 Å². The molecule has 2 fully saturated rings. The molecule has 1 aromatic heterocycles. The fraction of sp³-hybridized carbons (Fsp3) is 0.353. The highest BCUT2D eigenvalue weighted by Crippen LogP contribution is 2.38. The van der Waals surface area contributed by atoms with Crippen LogP contribution in [-0.2, 0) is 0 Å². The van der Waals surface area contributed by atoms with Crippen LogP contribution in [0.1, 0.15) is 25.7 Å². The third kappa shape index (κ3) is 2.25. The first kappa shape index (κ1) is 13.6. The number of amides is 2. The largest absolute Gasteiger partial charge is 0.397 e. The molecule has 3 N–H and O–H groups in total. The van der Waals surface area contributed by atoms with Gasteiger partial charge >= 0.3 is 6.03 Å². The molecule has 114 valence electrons. The summed E-state index contributed by atoms with van der Waals surface area (Å²) in [7, 11) is 0. The number of nitrogens with zero attached hydrogens (tertiary/aromatic N) is 1. The summed E-state index contributed by atoms with van der Waals surface area (Å²) >= 11 is 1.68. The number of nitrogens with two attached hydrogens (primary N) is 1. The molecule has 0 aliphatic carbocycles. The van der Waals surface area contributed by atoms with Crippen LogP contribution in [0.3, 0.4) is 0 Å². The number of benzene rings is 1. The molecule has 0 unspecified atom stereocenters. The highest BCUT2D eigenvalue weighted by atomic mass is 32.1. The van der Waals surface area contributed by atoms with Crippen LogP contribution in [0.4, 0.5) is 16.2 Å². The summed E-state index contributed by atoms with van der Waals surface area (Å²) in [6, 6.07) is 10.8. The van der Waals surface area contributed by atoms with E-state index in [9.17, 15) is 4.79 Å². The average Bonchev–Trinajstić information content (AvgIpc) is 3.26. The van der Waals surface area contributed by atoms with E-state index >= 15 is 0 Å². The molecule has 2 saturated heterocycles. The van der Waals surface area contributed by atoms with Crippen molar-refractivity contribution in [2.24, 2.45) is 0 Å². The second kappa shape index (κ2) is 5.32. The number of fused-ring (bicyclic) bond motifs is 2. The van der Waals surface area contributed by atoms with Gasteiger partial charge in [0, 0.05) is 17.0 Å². The van der Waals surface area contributed by atoms with Crippen LogP contribution >= 0.6 is 11.3 Å². The van der Waals surface area contributed by atoms with Crippen LogP contribution in [-0.4, -0.2) is 23.0 Å². The highest BCUT2D eigenvalue weighted by Gasteiger charge is 2.42. The molecule has 2 aliphatic heterocycles. The number of carbonyl (C=O) groups is 1. The number of hydrogen-bond acceptors (Lipinski definition) is 3. The minimum Gasteiger partial charge on any atom is -0.397 e. The maximum absolute atomic E-state index is 12.6. The summed E-state index contributed by atoms with van der Waals surface area (Å²) in [6.45, 7) is 0. The lowest BCUT2D eigenvalue weighted by atomic mass is 10.0. The van der Waals surface area contributed by atoms with Gasteiger partial charge in [-0.1, -0.05) is 12.1 Å². The quantitative estimate of drug-likeness (QED) is 0.818. The standard InChI is InChI=1S/C17H19N3OS/c18-14-8-3-11(16-2-1-9-22-16)10-15(14)19-17(21)20-12-4-5-13(20)7-6-12/h1-3,8-10,12-13H,4-7,18H2,(H,19,21). The first-order valence-electron chi connectivity index (χ1n) is 7.75. The van der Waals surface area contributed by atoms with Gasteiger partial charge in [-0.15, -0.1) is 11.3 Å². The number of urea groups is 1. The van der Waals surface area contributed by atoms with Gasteiger partial charge in [0.2, 0.25) is 0 Å². The van der Waals surface area contributed by atoms with E-state index in [0.29, 0.717) is 23.5 Å². The molecule has 4 nitrogen and oxygen atoms in total. The molecule has 0 radical (unpaired) electrons. The predicted octanol–water partition coefficient (Wildman–Crippen LogP) is 4.16. The first-order valence-corrected chi connectivity index (χ1v) is 8.63. The van der Waals surface area contributed by atoms with Gasteiger partial charge in [0.15, 0.2) is 0 Å². The van der Waals surface area contributed by atoms with E-state index in [1.165, 1.54) is 4.88 Å². The fourth-order valence-corrected chi connectivity index (χ4v) is 4.41. The number of carbonyl (C=O) groups excluding carboxylic acids is 1. The van der Waals surface area contributed by atoms with Crippen LogP contribution in [0.25, 0.3) is 10.4 Å². The zero-order valence-electron chi connectivity index (χ0n) is 12.3. The van der Waals surface area contributed by atoms with Gasteiger partial charge < -0.3 is 16.0 Å². The normalized spacial score (nSPS) is 23.0. The molecule has 1 aromatic carbocycles. The van der Waals surface area contributed by atoms with Crippen molar-refractivity contribution in [3.05, 3.63) is 35.7 Å². The molecule has 2 bridgehead atoms. The molecule has 22 heavy (non-hydrogen) atoms. The topological polar surface area (TPSA) is 58.4 Å². The lowest BCUT2D eigenvalue weighted by Gasteiger charge is -2.23. The molecular weight excluding hydrogens is 294 g/mol. The van der Waals surface area contributed by atoms with E-state index in [-0.39, 0.29) is 6.03 Å². The number of nitrogens with one attached hydrogen (secondary N) is 1. The third-order valence-corrected chi connectivity index (χ3v) is 5.71. The van der Waals surface area contributed by atoms with Crippen molar-refractivity contribution < 1.29 is 4.79 Å². The summed E-state index contributed by atoms with van der Waals surface area (Å²) in [6.07, 6.45) is 4.57. The Balaban J connectivity index is 1.57. The van der Waals surface area contributed by atoms with Crippen LogP contribution in [0.15, 0.2) is 35.7 Å². The maximum Gasteiger partial charge on any atom is 0.322 e. The zero-order chi connectivity index (χ0) is 15.1. The number of rotatable bonds is 2. The predicted molar refractivity (Wildman–Crippen MR) is 91.1 cm³/mol. The maximum atomic E-state index is 12.6. The molecule has 4 rings (SSSR count). The minimum atomic E-state index is 0.0000274. The van der Waals surface area contributed by atoms with Gasteiger partial charge in [0.1, 0.15) is 0 Å². The van der Waals surface area contributed by atoms with Crippen molar-refractivity contribution in [1.29, 1.82) is 0 Å². The summed E-state index contributed by atoms with van der Waals surface area (Å²) in [4.78, 5) is 15.8. The van der Waals surface area contributed by atoms with E-state index in [1.807, 2.05) is 34.5 Å². The molecule has 0 spiro atoms. The van der Waals surface area contributed by atoms with Crippen molar-refractivity contribution in [3.63, 3.8) is 0 Å². The van der Waals surface area contributed by atoms with Crippen molar-refractivity contribution in [2.45, 2.75) is 37.8 Å².